The fourth-order valence-electron chi connectivity index (χ4n) is 3.77. The number of likely N-dealkylation sites (tertiary alicyclic amines) is 1. The van der Waals surface area contributed by atoms with Crippen molar-refractivity contribution in [2.24, 2.45) is 7.05 Å². The molecule has 1 saturated heterocycles. The van der Waals surface area contributed by atoms with Crippen LogP contribution < -0.4 is 9.47 Å². The van der Waals surface area contributed by atoms with Gasteiger partial charge in [0.25, 0.3) is 0 Å². The number of hydrogen-bond acceptors (Lipinski definition) is 6. The lowest BCUT2D eigenvalue weighted by Crippen LogP contribution is -2.33. The van der Waals surface area contributed by atoms with Gasteiger partial charge in [-0.1, -0.05) is 6.07 Å². The molecule has 29 heavy (non-hydrogen) atoms. The van der Waals surface area contributed by atoms with Gasteiger partial charge in [-0.2, -0.15) is 5.10 Å². The van der Waals surface area contributed by atoms with Crippen LogP contribution in [-0.2, 0) is 20.1 Å². The van der Waals surface area contributed by atoms with Crippen molar-refractivity contribution in [1.29, 1.82) is 0 Å². The standard InChI is InChI=1S/C22H34N4O3/c1-17-19(12-23-25(17)3)14-24(2)13-18-7-8-21(28-4)11-22(18)29-16-20(27)15-26-9-5-6-10-26/h7-8,11-12,20,27H,5-6,9-10,13-16H2,1-4H3/t20-/m0/s1. The highest BCUT2D eigenvalue weighted by atomic mass is 16.5. The van der Waals surface area contributed by atoms with Gasteiger partial charge in [0.1, 0.15) is 24.2 Å². The number of β-amino-alcohol motifs (C(OH)–C–C–N with tert-alkyl or cyclic N) is 1. The van der Waals surface area contributed by atoms with Crippen LogP contribution in [0, 0.1) is 6.92 Å². The first-order chi connectivity index (χ1) is 14.0. The number of aromatic nitrogens is 2. The SMILES string of the molecule is COc1ccc(CN(C)Cc2cnn(C)c2C)c(OC[C@@H](O)CN2CCCC2)c1. The number of aryl methyl sites for hydroxylation is 1. The lowest BCUT2D eigenvalue weighted by molar-refractivity contribution is 0.0750. The average molecular weight is 403 g/mol. The van der Waals surface area contributed by atoms with E-state index in [1.54, 1.807) is 7.11 Å². The van der Waals surface area contributed by atoms with Crippen molar-refractivity contribution in [3.8, 4) is 11.5 Å². The van der Waals surface area contributed by atoms with E-state index in [2.05, 4.69) is 28.9 Å². The second-order valence-electron chi connectivity index (χ2n) is 8.00. The van der Waals surface area contributed by atoms with Crippen LogP contribution in [-0.4, -0.2) is 71.2 Å². The number of nitrogens with zero attached hydrogens (tertiary/aromatic N) is 4. The molecule has 0 spiro atoms. The third-order valence-corrected chi connectivity index (χ3v) is 5.59. The van der Waals surface area contributed by atoms with Crippen LogP contribution in [0.4, 0.5) is 0 Å². The minimum Gasteiger partial charge on any atom is -0.497 e. The smallest absolute Gasteiger partial charge is 0.127 e. The molecule has 7 heteroatoms. The second kappa shape index (κ2) is 10.1. The number of ether oxygens (including phenoxy) is 2. The van der Waals surface area contributed by atoms with Gasteiger partial charge in [-0.05, 0) is 46.0 Å². The Morgan fingerprint density at radius 2 is 1.93 bits per heavy atom. The molecular weight excluding hydrogens is 368 g/mol. The molecule has 2 heterocycles. The largest absolute Gasteiger partial charge is 0.497 e. The molecular formula is C22H34N4O3. The molecule has 160 valence electrons. The zero-order chi connectivity index (χ0) is 20.8. The summed E-state index contributed by atoms with van der Waals surface area (Å²) in [5.74, 6) is 1.52. The Balaban J connectivity index is 1.62. The minimum absolute atomic E-state index is 0.280. The molecule has 1 aliphatic rings. The van der Waals surface area contributed by atoms with E-state index in [-0.39, 0.29) is 6.61 Å². The first kappa shape index (κ1) is 21.6. The molecule has 0 bridgehead atoms. The Morgan fingerprint density at radius 3 is 2.59 bits per heavy atom. The van der Waals surface area contributed by atoms with E-state index in [0.29, 0.717) is 6.54 Å². The van der Waals surface area contributed by atoms with Gasteiger partial charge in [-0.25, -0.2) is 0 Å². The molecule has 1 aliphatic heterocycles. The Labute approximate surface area is 173 Å². The highest BCUT2D eigenvalue weighted by Gasteiger charge is 2.17. The van der Waals surface area contributed by atoms with Gasteiger partial charge in [-0.3, -0.25) is 9.58 Å². The molecule has 0 aliphatic carbocycles. The lowest BCUT2D eigenvalue weighted by Gasteiger charge is -2.22. The topological polar surface area (TPSA) is 63.0 Å². The van der Waals surface area contributed by atoms with Crippen LogP contribution in [0.5, 0.6) is 11.5 Å². The summed E-state index contributed by atoms with van der Waals surface area (Å²) in [5, 5.41) is 14.7. The Kier molecular flexibility index (Phi) is 7.52. The number of benzene rings is 1. The van der Waals surface area contributed by atoms with Crippen molar-refractivity contribution in [3.63, 3.8) is 0 Å². The van der Waals surface area contributed by atoms with E-state index < -0.39 is 6.10 Å². The maximum absolute atomic E-state index is 10.4. The van der Waals surface area contributed by atoms with E-state index in [1.807, 2.05) is 36.1 Å². The molecule has 1 fully saturated rings. The van der Waals surface area contributed by atoms with E-state index in [1.165, 1.54) is 24.1 Å². The summed E-state index contributed by atoms with van der Waals surface area (Å²) in [6.45, 7) is 6.71. The van der Waals surface area contributed by atoms with E-state index in [9.17, 15) is 5.11 Å². The number of rotatable bonds is 10. The van der Waals surface area contributed by atoms with Crippen LogP contribution in [0.2, 0.25) is 0 Å². The van der Waals surface area contributed by atoms with Gasteiger partial charge >= 0.3 is 0 Å². The van der Waals surface area contributed by atoms with Crippen LogP contribution in [0.25, 0.3) is 0 Å². The molecule has 0 radical (unpaired) electrons. The molecule has 1 aromatic heterocycles. The number of methoxy groups -OCH3 is 1. The van der Waals surface area contributed by atoms with E-state index >= 15 is 0 Å². The fourth-order valence-corrected chi connectivity index (χ4v) is 3.77. The summed E-state index contributed by atoms with van der Waals surface area (Å²) in [6, 6.07) is 5.89. The monoisotopic (exact) mass is 402 g/mol. The molecule has 0 unspecified atom stereocenters. The van der Waals surface area contributed by atoms with Gasteiger partial charge in [0, 0.05) is 49.6 Å². The Hall–Kier alpha value is -2.09. The zero-order valence-corrected chi connectivity index (χ0v) is 18.1. The van der Waals surface area contributed by atoms with Crippen LogP contribution in [0.3, 0.4) is 0 Å². The molecule has 0 saturated carbocycles. The molecule has 1 N–H and O–H groups in total. The van der Waals surface area contributed by atoms with Crippen molar-refractivity contribution >= 4 is 0 Å². The predicted molar refractivity (Wildman–Crippen MR) is 113 cm³/mol. The normalized spacial score (nSPS) is 15.8. The third kappa shape index (κ3) is 5.95. The van der Waals surface area contributed by atoms with Crippen LogP contribution >= 0.6 is 0 Å². The number of aliphatic hydroxyl groups excluding tert-OH is 1. The average Bonchev–Trinajstić information content (AvgIpc) is 3.32. The van der Waals surface area contributed by atoms with Gasteiger partial charge < -0.3 is 19.5 Å². The van der Waals surface area contributed by atoms with Gasteiger partial charge in [0.15, 0.2) is 0 Å². The van der Waals surface area contributed by atoms with Crippen LogP contribution in [0.15, 0.2) is 24.4 Å². The highest BCUT2D eigenvalue weighted by molar-refractivity contribution is 5.40. The van der Waals surface area contributed by atoms with Crippen molar-refractivity contribution < 1.29 is 14.6 Å². The first-order valence-corrected chi connectivity index (χ1v) is 10.3. The summed E-state index contributed by atoms with van der Waals surface area (Å²) in [6.07, 6.45) is 3.86. The Bertz CT molecular complexity index is 786. The van der Waals surface area contributed by atoms with Crippen molar-refractivity contribution in [2.45, 2.75) is 39.0 Å². The minimum atomic E-state index is -0.497. The van der Waals surface area contributed by atoms with Crippen molar-refractivity contribution in [3.05, 3.63) is 41.2 Å². The van der Waals surface area contributed by atoms with Crippen molar-refractivity contribution in [1.82, 2.24) is 19.6 Å². The molecule has 7 nitrogen and oxygen atoms in total. The summed E-state index contributed by atoms with van der Waals surface area (Å²) >= 11 is 0. The van der Waals surface area contributed by atoms with Gasteiger partial charge in [0.2, 0.25) is 0 Å². The zero-order valence-electron chi connectivity index (χ0n) is 18.1. The second-order valence-corrected chi connectivity index (χ2v) is 8.00. The Morgan fingerprint density at radius 1 is 1.21 bits per heavy atom. The third-order valence-electron chi connectivity index (χ3n) is 5.59. The lowest BCUT2D eigenvalue weighted by atomic mass is 10.1. The summed E-state index contributed by atoms with van der Waals surface area (Å²) < 4.78 is 13.3. The maximum Gasteiger partial charge on any atom is 0.127 e. The van der Waals surface area contributed by atoms with Gasteiger partial charge in [0.05, 0.1) is 13.3 Å². The number of hydrogen-bond donors (Lipinski definition) is 1. The van der Waals surface area contributed by atoms with Crippen LogP contribution in [0.1, 0.15) is 29.7 Å². The quantitative estimate of drug-likeness (QED) is 0.657. The maximum atomic E-state index is 10.4. The summed E-state index contributed by atoms with van der Waals surface area (Å²) in [4.78, 5) is 4.53. The van der Waals surface area contributed by atoms with Crippen molar-refractivity contribution in [2.75, 3.05) is 40.4 Å². The molecule has 3 rings (SSSR count). The van der Waals surface area contributed by atoms with E-state index in [0.717, 1.165) is 43.2 Å². The van der Waals surface area contributed by atoms with Gasteiger partial charge in [-0.15, -0.1) is 0 Å². The molecule has 1 aromatic carbocycles. The molecule has 1 atom stereocenters. The summed E-state index contributed by atoms with van der Waals surface area (Å²) in [5.41, 5.74) is 3.46. The molecule has 2 aromatic rings. The number of aliphatic hydroxyl groups is 1. The van der Waals surface area contributed by atoms with E-state index in [4.69, 9.17) is 9.47 Å². The fraction of sp³-hybridized carbons (Fsp3) is 0.591. The predicted octanol–water partition coefficient (Wildman–Crippen LogP) is 2.20. The highest BCUT2D eigenvalue weighted by Crippen LogP contribution is 2.27. The summed E-state index contributed by atoms with van der Waals surface area (Å²) in [7, 11) is 5.70. The first-order valence-electron chi connectivity index (χ1n) is 10.3. The molecule has 0 amide bonds.